The van der Waals surface area contributed by atoms with E-state index < -0.39 is 20.9 Å². The second-order valence-electron chi connectivity index (χ2n) is 8.31. The van der Waals surface area contributed by atoms with Crippen molar-refractivity contribution in [2.24, 2.45) is 0 Å². The molecule has 1 fully saturated rings. The molecule has 0 aromatic heterocycles. The predicted molar refractivity (Wildman–Crippen MR) is 132 cm³/mol. The average Bonchev–Trinajstić information content (AvgIpc) is 2.87. The van der Waals surface area contributed by atoms with Gasteiger partial charge in [-0.05, 0) is 18.2 Å². The molecule has 0 atom stereocenters. The second kappa shape index (κ2) is 9.49. The number of anilines is 2. The number of benzene rings is 3. The summed E-state index contributed by atoms with van der Waals surface area (Å²) in [7, 11) is -0.00330. The number of rotatable bonds is 6. The van der Waals surface area contributed by atoms with Crippen molar-refractivity contribution < 1.29 is 23.3 Å². The van der Waals surface area contributed by atoms with Gasteiger partial charge in [0.05, 0.1) is 21.1 Å². The summed E-state index contributed by atoms with van der Waals surface area (Å²) in [5.41, 5.74) is 2.45. The van der Waals surface area contributed by atoms with Crippen LogP contribution in [-0.2, 0) is 10.0 Å². The minimum atomic E-state index is -3.81. The van der Waals surface area contributed by atoms with E-state index in [0.29, 0.717) is 11.1 Å². The summed E-state index contributed by atoms with van der Waals surface area (Å²) in [5.74, 6) is -0.883. The number of nitro benzene ring substituents is 1. The Morgan fingerprint density at radius 2 is 1.69 bits per heavy atom. The molecule has 35 heavy (non-hydrogen) atoms. The Kier molecular flexibility index (Phi) is 6.61. The van der Waals surface area contributed by atoms with Gasteiger partial charge >= 0.3 is 0 Å². The Labute approximate surface area is 202 Å². The summed E-state index contributed by atoms with van der Waals surface area (Å²) in [6.07, 6.45) is 0. The Morgan fingerprint density at radius 3 is 2.31 bits per heavy atom. The molecule has 1 saturated heterocycles. The first-order valence-corrected chi connectivity index (χ1v) is 12.3. The van der Waals surface area contributed by atoms with E-state index in [1.807, 2.05) is 37.2 Å². The molecule has 0 aliphatic carbocycles. The molecule has 1 amide bonds. The van der Waals surface area contributed by atoms with Gasteiger partial charge in [-0.15, -0.1) is 0 Å². The first-order valence-electron chi connectivity index (χ1n) is 10.8. The Balaban J connectivity index is 1.62. The molecule has 184 valence electrons. The number of carbonyl (C=O) groups is 1. The van der Waals surface area contributed by atoms with Gasteiger partial charge in [0.2, 0.25) is 10.0 Å². The van der Waals surface area contributed by atoms with Crippen molar-refractivity contribution in [2.75, 3.05) is 50.1 Å². The van der Waals surface area contributed by atoms with Gasteiger partial charge in [-0.25, -0.2) is 13.9 Å². The molecule has 4 rings (SSSR count). The molecule has 3 aromatic rings. The standard InChI is InChI=1S/C23H25N5O6S/c1-25(2)20-7-3-6-18-17(20)5-4-8-22(18)35(33,34)27-13-11-26(12-14-27)21-10-9-16(28(31)32)15-19(21)23(29)24-30/h3-10,15,30H,11-14H2,1-2H3,(H,24,29). The maximum absolute atomic E-state index is 13.6. The van der Waals surface area contributed by atoms with Gasteiger partial charge in [0.1, 0.15) is 0 Å². The maximum atomic E-state index is 13.6. The van der Waals surface area contributed by atoms with Crippen LogP contribution < -0.4 is 15.3 Å². The molecule has 0 spiro atoms. The molecule has 0 unspecified atom stereocenters. The molecule has 0 bridgehead atoms. The van der Waals surface area contributed by atoms with Crippen LogP contribution in [0.1, 0.15) is 10.4 Å². The van der Waals surface area contributed by atoms with Crippen molar-refractivity contribution in [3.63, 3.8) is 0 Å². The summed E-state index contributed by atoms with van der Waals surface area (Å²) >= 11 is 0. The summed E-state index contributed by atoms with van der Waals surface area (Å²) in [6, 6.07) is 14.6. The fourth-order valence-corrected chi connectivity index (χ4v) is 5.97. The zero-order chi connectivity index (χ0) is 25.3. The Morgan fingerprint density at radius 1 is 1.03 bits per heavy atom. The third-order valence-corrected chi connectivity index (χ3v) is 8.03. The smallest absolute Gasteiger partial charge is 0.276 e. The zero-order valence-electron chi connectivity index (χ0n) is 19.2. The lowest BCUT2D eigenvalue weighted by Gasteiger charge is -2.36. The first kappa shape index (κ1) is 24.4. The fraction of sp³-hybridized carbons (Fsp3) is 0.261. The van der Waals surface area contributed by atoms with E-state index in [1.54, 1.807) is 23.1 Å². The lowest BCUT2D eigenvalue weighted by atomic mass is 10.1. The fourth-order valence-electron chi connectivity index (χ4n) is 4.34. The normalized spacial score (nSPS) is 14.7. The van der Waals surface area contributed by atoms with Gasteiger partial charge in [-0.2, -0.15) is 4.31 Å². The summed E-state index contributed by atoms with van der Waals surface area (Å²) in [6.45, 7) is 0.833. The van der Waals surface area contributed by atoms with Gasteiger partial charge in [-0.3, -0.25) is 20.1 Å². The van der Waals surface area contributed by atoms with E-state index in [2.05, 4.69) is 0 Å². The molecule has 0 radical (unpaired) electrons. The molecule has 12 heteroatoms. The number of amides is 1. The summed E-state index contributed by atoms with van der Waals surface area (Å²) in [5, 5.41) is 21.7. The summed E-state index contributed by atoms with van der Waals surface area (Å²) in [4.78, 5) is 26.6. The third-order valence-electron chi connectivity index (χ3n) is 6.08. The molecule has 1 heterocycles. The highest BCUT2D eigenvalue weighted by molar-refractivity contribution is 7.89. The van der Waals surface area contributed by atoms with Crippen LogP contribution in [0.5, 0.6) is 0 Å². The van der Waals surface area contributed by atoms with E-state index in [-0.39, 0.29) is 42.3 Å². The molecule has 1 aliphatic heterocycles. The van der Waals surface area contributed by atoms with E-state index >= 15 is 0 Å². The van der Waals surface area contributed by atoms with Gasteiger partial charge in [0.25, 0.3) is 11.6 Å². The SMILES string of the molecule is CN(C)c1cccc2c(S(=O)(=O)N3CCN(c4ccc([N+](=O)[O-])cc4C(=O)NO)CC3)cccc12. The number of nitrogens with one attached hydrogen (secondary N) is 1. The van der Waals surface area contributed by atoms with E-state index in [0.717, 1.165) is 17.1 Å². The molecule has 2 N–H and O–H groups in total. The molecule has 0 saturated carbocycles. The van der Waals surface area contributed by atoms with Gasteiger partial charge in [0.15, 0.2) is 0 Å². The average molecular weight is 500 g/mol. The van der Waals surface area contributed by atoms with Crippen LogP contribution in [0.4, 0.5) is 17.1 Å². The maximum Gasteiger partial charge on any atom is 0.276 e. The minimum absolute atomic E-state index is 0.0664. The highest BCUT2D eigenvalue weighted by Crippen LogP contribution is 2.33. The lowest BCUT2D eigenvalue weighted by molar-refractivity contribution is -0.384. The number of non-ortho nitro benzene ring substituents is 1. The molecule has 1 aliphatic rings. The van der Waals surface area contributed by atoms with Crippen LogP contribution in [-0.4, -0.2) is 69.0 Å². The van der Waals surface area contributed by atoms with Crippen molar-refractivity contribution in [3.8, 4) is 0 Å². The van der Waals surface area contributed by atoms with Gasteiger partial charge in [-0.1, -0.05) is 24.3 Å². The van der Waals surface area contributed by atoms with Crippen molar-refractivity contribution in [1.29, 1.82) is 0 Å². The van der Waals surface area contributed by atoms with Crippen molar-refractivity contribution in [3.05, 3.63) is 70.3 Å². The summed E-state index contributed by atoms with van der Waals surface area (Å²) < 4.78 is 28.6. The highest BCUT2D eigenvalue weighted by atomic mass is 32.2. The number of fused-ring (bicyclic) bond motifs is 1. The third kappa shape index (κ3) is 4.50. The van der Waals surface area contributed by atoms with Crippen LogP contribution in [0.3, 0.4) is 0 Å². The van der Waals surface area contributed by atoms with Crippen LogP contribution in [0.25, 0.3) is 10.8 Å². The Bertz CT molecular complexity index is 1400. The first-order chi connectivity index (χ1) is 16.6. The molecular formula is C23H25N5O6S. The quantitative estimate of drug-likeness (QED) is 0.300. The van der Waals surface area contributed by atoms with Gasteiger partial charge < -0.3 is 9.80 Å². The van der Waals surface area contributed by atoms with Crippen LogP contribution in [0, 0.1) is 10.1 Å². The van der Waals surface area contributed by atoms with Crippen molar-refractivity contribution >= 4 is 43.8 Å². The van der Waals surface area contributed by atoms with E-state index in [9.17, 15) is 23.3 Å². The zero-order valence-corrected chi connectivity index (χ0v) is 20.0. The van der Waals surface area contributed by atoms with E-state index in [1.165, 1.54) is 21.9 Å². The number of hydroxylamine groups is 1. The number of carbonyl (C=O) groups excluding carboxylic acids is 1. The monoisotopic (exact) mass is 499 g/mol. The van der Waals surface area contributed by atoms with Crippen molar-refractivity contribution in [1.82, 2.24) is 9.79 Å². The van der Waals surface area contributed by atoms with Gasteiger partial charge in [0, 0.05) is 68.9 Å². The molecule has 11 nitrogen and oxygen atoms in total. The van der Waals surface area contributed by atoms with Crippen molar-refractivity contribution in [2.45, 2.75) is 4.90 Å². The van der Waals surface area contributed by atoms with Crippen LogP contribution in [0.15, 0.2) is 59.5 Å². The molecular weight excluding hydrogens is 474 g/mol. The topological polar surface area (TPSA) is 136 Å². The van der Waals surface area contributed by atoms with Crippen LogP contribution in [0.2, 0.25) is 0 Å². The highest BCUT2D eigenvalue weighted by Gasteiger charge is 2.31. The Hall–Kier alpha value is -3.74. The molecule has 3 aromatic carbocycles. The number of nitro groups is 1. The van der Waals surface area contributed by atoms with Crippen LogP contribution >= 0.6 is 0 Å². The number of piperazine rings is 1. The number of hydrogen-bond acceptors (Lipinski definition) is 8. The van der Waals surface area contributed by atoms with E-state index in [4.69, 9.17) is 5.21 Å². The number of nitrogens with zero attached hydrogens (tertiary/aromatic N) is 4. The minimum Gasteiger partial charge on any atom is -0.377 e. The number of hydrogen-bond donors (Lipinski definition) is 2. The number of sulfonamides is 1. The largest absolute Gasteiger partial charge is 0.377 e. The second-order valence-corrected chi connectivity index (χ2v) is 10.2. The lowest BCUT2D eigenvalue weighted by Crippen LogP contribution is -2.49. The predicted octanol–water partition coefficient (Wildman–Crippen LogP) is 2.44.